The topological polar surface area (TPSA) is 95.6 Å². The van der Waals surface area contributed by atoms with Gasteiger partial charge in [0, 0.05) is 5.69 Å². The molecule has 188 valence electrons. The van der Waals surface area contributed by atoms with E-state index in [0.29, 0.717) is 16.7 Å². The number of halogens is 2. The Hall–Kier alpha value is -3.79. The maximum Gasteiger partial charge on any atom is 0.265 e. The van der Waals surface area contributed by atoms with Crippen LogP contribution < -0.4 is 14.9 Å². The number of hydrogen-bond acceptors (Lipinski definition) is 4. The molecule has 3 aromatic rings. The van der Waals surface area contributed by atoms with E-state index < -0.39 is 45.9 Å². The second-order valence-corrected chi connectivity index (χ2v) is 10.7. The van der Waals surface area contributed by atoms with Crippen LogP contribution in [0.15, 0.2) is 53.4 Å². The van der Waals surface area contributed by atoms with Gasteiger partial charge in [-0.2, -0.15) is 0 Å². The third-order valence-electron chi connectivity index (χ3n) is 6.01. The van der Waals surface area contributed by atoms with Crippen LogP contribution in [0, 0.1) is 39.3 Å². The molecule has 0 saturated carbocycles. The lowest BCUT2D eigenvalue weighted by atomic mass is 10.1. The van der Waals surface area contributed by atoms with Crippen LogP contribution in [0.2, 0.25) is 0 Å². The summed E-state index contributed by atoms with van der Waals surface area (Å²) in [5.74, 6) is -2.69. The van der Waals surface area contributed by atoms with E-state index in [1.165, 1.54) is 18.2 Å². The Labute approximate surface area is 208 Å². The Morgan fingerprint density at radius 1 is 0.944 bits per heavy atom. The molecule has 0 fully saturated rings. The average molecular weight is 514 g/mol. The largest absolute Gasteiger partial charge is 0.326 e. The van der Waals surface area contributed by atoms with Gasteiger partial charge in [0.2, 0.25) is 11.8 Å². The Kier molecular flexibility index (Phi) is 6.57. The van der Waals surface area contributed by atoms with Gasteiger partial charge in [-0.1, -0.05) is 23.8 Å². The van der Waals surface area contributed by atoms with Crippen molar-refractivity contribution in [2.75, 3.05) is 14.9 Å². The van der Waals surface area contributed by atoms with Crippen LogP contribution in [0.1, 0.15) is 28.7 Å². The van der Waals surface area contributed by atoms with E-state index in [1.54, 1.807) is 32.9 Å². The van der Waals surface area contributed by atoms with E-state index in [4.69, 9.17) is 0 Å². The Morgan fingerprint density at radius 2 is 1.56 bits per heavy atom. The molecule has 1 atom stereocenters. The lowest BCUT2D eigenvalue weighted by Crippen LogP contribution is -2.52. The minimum absolute atomic E-state index is 0.00413. The number of fused-ring (bicyclic) bond motifs is 1. The summed E-state index contributed by atoms with van der Waals surface area (Å²) in [5.41, 5.74) is 2.62. The molecule has 1 aliphatic rings. The minimum Gasteiger partial charge on any atom is -0.326 e. The quantitative estimate of drug-likeness (QED) is 0.515. The van der Waals surface area contributed by atoms with Gasteiger partial charge in [-0.05, 0) is 74.7 Å². The maximum absolute atomic E-state index is 14.1. The minimum atomic E-state index is -4.37. The van der Waals surface area contributed by atoms with Gasteiger partial charge >= 0.3 is 0 Å². The summed E-state index contributed by atoms with van der Waals surface area (Å²) in [6.07, 6.45) is -0.554. The molecular weight excluding hydrogens is 488 g/mol. The second-order valence-electron chi connectivity index (χ2n) is 8.91. The molecule has 0 spiro atoms. The Balaban J connectivity index is 1.80. The first-order chi connectivity index (χ1) is 16.9. The lowest BCUT2D eigenvalue weighted by Gasteiger charge is -2.37. The van der Waals surface area contributed by atoms with Crippen molar-refractivity contribution in [1.29, 1.82) is 0 Å². The van der Waals surface area contributed by atoms with Gasteiger partial charge in [-0.3, -0.25) is 13.9 Å². The summed E-state index contributed by atoms with van der Waals surface area (Å²) in [6, 6.07) is 9.19. The van der Waals surface area contributed by atoms with E-state index in [-0.39, 0.29) is 22.0 Å². The zero-order valence-corrected chi connectivity index (χ0v) is 21.0. The number of hydrogen-bond donors (Lipinski definition) is 2. The summed E-state index contributed by atoms with van der Waals surface area (Å²) >= 11 is 0. The van der Waals surface area contributed by atoms with Gasteiger partial charge in [-0.25, -0.2) is 17.2 Å². The number of anilines is 3. The molecular formula is C26H25F2N3O4S. The first kappa shape index (κ1) is 25.3. The summed E-state index contributed by atoms with van der Waals surface area (Å²) in [6.45, 7) is 6.81. The third kappa shape index (κ3) is 4.68. The molecule has 0 aromatic heterocycles. The second kappa shape index (κ2) is 9.34. The number of amides is 2. The van der Waals surface area contributed by atoms with Gasteiger partial charge in [0.05, 0.1) is 22.7 Å². The number of benzene rings is 3. The van der Waals surface area contributed by atoms with Crippen molar-refractivity contribution in [3.63, 3.8) is 0 Å². The molecule has 0 radical (unpaired) electrons. The van der Waals surface area contributed by atoms with Crippen molar-refractivity contribution in [2.45, 2.75) is 45.1 Å². The molecule has 1 unspecified atom stereocenters. The molecule has 1 heterocycles. The molecule has 4 rings (SSSR count). The van der Waals surface area contributed by atoms with Crippen molar-refractivity contribution in [3.05, 3.63) is 82.4 Å². The van der Waals surface area contributed by atoms with Gasteiger partial charge in [0.15, 0.2) is 0 Å². The summed E-state index contributed by atoms with van der Waals surface area (Å²) in [7, 11) is -4.37. The average Bonchev–Trinajstić information content (AvgIpc) is 2.75. The van der Waals surface area contributed by atoms with E-state index in [2.05, 4.69) is 10.6 Å². The fourth-order valence-electron chi connectivity index (χ4n) is 4.54. The number of aryl methyl sites for hydroxylation is 4. The monoisotopic (exact) mass is 513 g/mol. The molecule has 0 aliphatic carbocycles. The van der Waals surface area contributed by atoms with Crippen molar-refractivity contribution >= 4 is 38.9 Å². The highest BCUT2D eigenvalue weighted by molar-refractivity contribution is 7.93. The van der Waals surface area contributed by atoms with Crippen molar-refractivity contribution < 1.29 is 26.8 Å². The van der Waals surface area contributed by atoms with E-state index >= 15 is 0 Å². The molecule has 36 heavy (non-hydrogen) atoms. The van der Waals surface area contributed by atoms with Gasteiger partial charge in [0.1, 0.15) is 17.7 Å². The zero-order valence-electron chi connectivity index (χ0n) is 20.1. The standard InChI is InChI=1S/C26H25F2N3O4S/c1-14-9-16(3)25(17(4)10-14)36(34,35)31-22-8-7-19(28)12-21(22)30-26(33)23(31)13-24(32)29-20-11-18(27)6-5-15(20)2/h5-12,23H,13H2,1-4H3,(H,29,32)(H,30,33). The van der Waals surface area contributed by atoms with Gasteiger partial charge in [0.25, 0.3) is 10.0 Å². The van der Waals surface area contributed by atoms with Crippen molar-refractivity contribution in [1.82, 2.24) is 0 Å². The first-order valence-corrected chi connectivity index (χ1v) is 12.6. The molecule has 2 N–H and O–H groups in total. The smallest absolute Gasteiger partial charge is 0.265 e. The highest BCUT2D eigenvalue weighted by Gasteiger charge is 2.43. The van der Waals surface area contributed by atoms with Gasteiger partial charge in [-0.15, -0.1) is 0 Å². The number of sulfonamides is 1. The number of rotatable bonds is 5. The summed E-state index contributed by atoms with van der Waals surface area (Å²) < 4.78 is 56.6. The van der Waals surface area contributed by atoms with Crippen LogP contribution in [-0.4, -0.2) is 26.3 Å². The number of nitrogens with one attached hydrogen (secondary N) is 2. The highest BCUT2D eigenvalue weighted by Crippen LogP contribution is 2.39. The molecule has 10 heteroatoms. The Morgan fingerprint density at radius 3 is 2.22 bits per heavy atom. The number of carbonyl (C=O) groups excluding carboxylic acids is 2. The Bertz CT molecular complexity index is 1480. The first-order valence-electron chi connectivity index (χ1n) is 11.2. The molecule has 7 nitrogen and oxygen atoms in total. The normalized spacial score (nSPS) is 15.3. The van der Waals surface area contributed by atoms with E-state index in [9.17, 15) is 26.8 Å². The number of nitrogens with zero attached hydrogens (tertiary/aromatic N) is 1. The summed E-state index contributed by atoms with van der Waals surface area (Å²) in [4.78, 5) is 26.1. The van der Waals surface area contributed by atoms with Crippen LogP contribution >= 0.6 is 0 Å². The fourth-order valence-corrected chi connectivity index (χ4v) is 6.59. The predicted molar refractivity (Wildman–Crippen MR) is 134 cm³/mol. The van der Waals surface area contributed by atoms with E-state index in [0.717, 1.165) is 28.1 Å². The zero-order chi connectivity index (χ0) is 26.4. The van der Waals surface area contributed by atoms with Crippen molar-refractivity contribution in [3.8, 4) is 0 Å². The van der Waals surface area contributed by atoms with Crippen molar-refractivity contribution in [2.24, 2.45) is 0 Å². The lowest BCUT2D eigenvalue weighted by molar-refractivity contribution is -0.122. The molecule has 2 amide bonds. The van der Waals surface area contributed by atoms with Crippen LogP contribution in [-0.2, 0) is 19.6 Å². The summed E-state index contributed by atoms with van der Waals surface area (Å²) in [5, 5.41) is 5.06. The van der Waals surface area contributed by atoms with Crippen LogP contribution in [0.25, 0.3) is 0 Å². The van der Waals surface area contributed by atoms with Gasteiger partial charge < -0.3 is 10.6 Å². The van der Waals surface area contributed by atoms with E-state index in [1.807, 2.05) is 6.92 Å². The molecule has 1 aliphatic heterocycles. The van der Waals surface area contributed by atoms with Crippen LogP contribution in [0.5, 0.6) is 0 Å². The highest BCUT2D eigenvalue weighted by atomic mass is 32.2. The molecule has 3 aromatic carbocycles. The molecule has 0 saturated heterocycles. The SMILES string of the molecule is Cc1cc(C)c(S(=O)(=O)N2c3ccc(F)cc3NC(=O)C2CC(=O)Nc2cc(F)ccc2C)c(C)c1. The molecule has 0 bridgehead atoms. The fraction of sp³-hybridized carbons (Fsp3) is 0.231. The third-order valence-corrected chi connectivity index (χ3v) is 8.14. The van der Waals surface area contributed by atoms with Crippen LogP contribution in [0.4, 0.5) is 25.8 Å². The van der Waals surface area contributed by atoms with Crippen LogP contribution in [0.3, 0.4) is 0 Å². The predicted octanol–water partition coefficient (Wildman–Crippen LogP) is 4.74. The number of carbonyl (C=O) groups is 2. The maximum atomic E-state index is 14.1.